The molecule has 3 N–H and O–H groups in total. The Bertz CT molecular complexity index is 978. The van der Waals surface area contributed by atoms with E-state index in [-0.39, 0.29) is 12.5 Å². The van der Waals surface area contributed by atoms with Crippen molar-refractivity contribution in [2.45, 2.75) is 57.2 Å². The van der Waals surface area contributed by atoms with Gasteiger partial charge in [0.05, 0.1) is 6.10 Å². The predicted octanol–water partition coefficient (Wildman–Crippen LogP) is 3.69. The minimum atomic E-state index is -1.23. The highest BCUT2D eigenvalue weighted by Crippen LogP contribution is 2.44. The minimum Gasteiger partial charge on any atom is -0.480 e. The lowest BCUT2D eigenvalue weighted by Crippen LogP contribution is -2.55. The van der Waals surface area contributed by atoms with Crippen LogP contribution in [0.4, 0.5) is 4.79 Å². The van der Waals surface area contributed by atoms with E-state index in [1.807, 2.05) is 43.3 Å². The van der Waals surface area contributed by atoms with Crippen molar-refractivity contribution < 1.29 is 29.0 Å². The normalized spacial score (nSPS) is 14.9. The summed E-state index contributed by atoms with van der Waals surface area (Å²) in [7, 11) is 1.37. The summed E-state index contributed by atoms with van der Waals surface area (Å²) in [6.07, 6.45) is 0.402. The van der Waals surface area contributed by atoms with Gasteiger partial charge in [-0.05, 0) is 35.6 Å². The fourth-order valence-corrected chi connectivity index (χ4v) is 4.23. The van der Waals surface area contributed by atoms with Crippen LogP contribution in [0.5, 0.6) is 0 Å². The molecule has 0 heterocycles. The van der Waals surface area contributed by atoms with Gasteiger partial charge in [0.2, 0.25) is 5.91 Å². The van der Waals surface area contributed by atoms with Crippen molar-refractivity contribution in [3.8, 4) is 11.1 Å². The van der Waals surface area contributed by atoms with E-state index in [1.165, 1.54) is 7.11 Å². The quantitative estimate of drug-likeness (QED) is 0.464. The number of fused-ring (bicyclic) bond motifs is 3. The first-order chi connectivity index (χ1) is 16.4. The minimum absolute atomic E-state index is 0.0972. The van der Waals surface area contributed by atoms with Crippen LogP contribution in [0.3, 0.4) is 0 Å². The predicted molar refractivity (Wildman–Crippen MR) is 128 cm³/mol. The molecule has 182 valence electrons. The molecule has 0 saturated carbocycles. The number of amides is 2. The molecule has 8 nitrogen and oxygen atoms in total. The van der Waals surface area contributed by atoms with Crippen LogP contribution in [0.25, 0.3) is 11.1 Å². The first-order valence-corrected chi connectivity index (χ1v) is 11.5. The number of hydrogen-bond acceptors (Lipinski definition) is 5. The van der Waals surface area contributed by atoms with Gasteiger partial charge in [-0.1, -0.05) is 68.3 Å². The second kappa shape index (κ2) is 11.7. The summed E-state index contributed by atoms with van der Waals surface area (Å²) in [4.78, 5) is 37.0. The summed E-state index contributed by atoms with van der Waals surface area (Å²) in [5.74, 6) is -1.89. The molecular formula is C26H32N2O6. The van der Waals surface area contributed by atoms with Gasteiger partial charge in [0.15, 0.2) is 6.04 Å². The maximum absolute atomic E-state index is 12.8. The molecule has 2 aromatic rings. The molecule has 0 spiro atoms. The summed E-state index contributed by atoms with van der Waals surface area (Å²) < 4.78 is 10.6. The number of carbonyl (C=O) groups is 3. The van der Waals surface area contributed by atoms with E-state index in [0.29, 0.717) is 12.8 Å². The SMILES string of the molecule is CCCC[C@H](NC(=O)OCC1c2ccccc2-c2ccccc21)C(=O)N[C@H](C(=O)O)[C@@H](C)OC. The second-order valence-electron chi connectivity index (χ2n) is 8.43. The van der Waals surface area contributed by atoms with Gasteiger partial charge >= 0.3 is 12.1 Å². The number of unbranched alkanes of at least 4 members (excludes halogenated alkanes) is 1. The third-order valence-corrected chi connectivity index (χ3v) is 6.20. The van der Waals surface area contributed by atoms with Crippen molar-refractivity contribution in [3.63, 3.8) is 0 Å². The first-order valence-electron chi connectivity index (χ1n) is 11.5. The van der Waals surface area contributed by atoms with Gasteiger partial charge in [-0.2, -0.15) is 0 Å². The number of benzene rings is 2. The van der Waals surface area contributed by atoms with Crippen LogP contribution in [-0.4, -0.2) is 55.0 Å². The van der Waals surface area contributed by atoms with Gasteiger partial charge in [0, 0.05) is 13.0 Å². The second-order valence-corrected chi connectivity index (χ2v) is 8.43. The van der Waals surface area contributed by atoms with Crippen LogP contribution in [0.1, 0.15) is 50.2 Å². The zero-order valence-corrected chi connectivity index (χ0v) is 19.7. The Hall–Kier alpha value is -3.39. The molecule has 8 heteroatoms. The molecule has 0 saturated heterocycles. The maximum Gasteiger partial charge on any atom is 0.407 e. The highest BCUT2D eigenvalue weighted by atomic mass is 16.5. The van der Waals surface area contributed by atoms with Crippen LogP contribution >= 0.6 is 0 Å². The van der Waals surface area contributed by atoms with Gasteiger partial charge in [0.25, 0.3) is 0 Å². The van der Waals surface area contributed by atoms with E-state index in [0.717, 1.165) is 28.7 Å². The first kappa shape index (κ1) is 25.2. The van der Waals surface area contributed by atoms with Gasteiger partial charge in [-0.3, -0.25) is 4.79 Å². The van der Waals surface area contributed by atoms with Crippen molar-refractivity contribution >= 4 is 18.0 Å². The topological polar surface area (TPSA) is 114 Å². The molecule has 2 amide bonds. The van der Waals surface area contributed by atoms with Crippen molar-refractivity contribution in [2.24, 2.45) is 0 Å². The largest absolute Gasteiger partial charge is 0.480 e. The zero-order chi connectivity index (χ0) is 24.7. The molecule has 0 bridgehead atoms. The molecule has 0 aromatic heterocycles. The lowest BCUT2D eigenvalue weighted by atomic mass is 9.98. The number of methoxy groups -OCH3 is 1. The average molecular weight is 469 g/mol. The Balaban J connectivity index is 1.66. The number of alkyl carbamates (subject to hydrolysis) is 1. The highest BCUT2D eigenvalue weighted by Gasteiger charge is 2.32. The van der Waals surface area contributed by atoms with Gasteiger partial charge < -0.3 is 25.2 Å². The maximum atomic E-state index is 12.8. The smallest absolute Gasteiger partial charge is 0.407 e. The summed E-state index contributed by atoms with van der Waals surface area (Å²) >= 11 is 0. The van der Waals surface area contributed by atoms with Crippen molar-refractivity contribution in [1.29, 1.82) is 0 Å². The molecule has 0 aliphatic heterocycles. The van der Waals surface area contributed by atoms with Crippen LogP contribution < -0.4 is 10.6 Å². The van der Waals surface area contributed by atoms with E-state index < -0.39 is 36.2 Å². The number of carbonyl (C=O) groups excluding carboxylic acids is 2. The molecule has 3 atom stereocenters. The molecule has 0 fully saturated rings. The van der Waals surface area contributed by atoms with Crippen LogP contribution in [0, 0.1) is 0 Å². The van der Waals surface area contributed by atoms with Crippen molar-refractivity contribution in [3.05, 3.63) is 59.7 Å². The lowest BCUT2D eigenvalue weighted by Gasteiger charge is -2.24. The Kier molecular flexibility index (Phi) is 8.65. The standard InChI is InChI=1S/C26H32N2O6/c1-4-5-14-22(24(29)28-23(25(30)31)16(2)33-3)27-26(32)34-15-21-19-12-8-6-10-17(19)18-11-7-9-13-20(18)21/h6-13,16,21-23H,4-5,14-15H2,1-3H3,(H,27,32)(H,28,29)(H,30,31)/t16-,22+,23+/m1/s1. The van der Waals surface area contributed by atoms with Crippen molar-refractivity contribution in [1.82, 2.24) is 10.6 Å². The molecule has 34 heavy (non-hydrogen) atoms. The third-order valence-electron chi connectivity index (χ3n) is 6.20. The van der Waals surface area contributed by atoms with E-state index in [4.69, 9.17) is 9.47 Å². The van der Waals surface area contributed by atoms with E-state index >= 15 is 0 Å². The summed E-state index contributed by atoms with van der Waals surface area (Å²) in [6.45, 7) is 3.65. The monoisotopic (exact) mass is 468 g/mol. The molecule has 0 radical (unpaired) electrons. The lowest BCUT2D eigenvalue weighted by molar-refractivity contribution is -0.145. The Labute approximate surface area is 199 Å². The van der Waals surface area contributed by atoms with Gasteiger partial charge in [-0.15, -0.1) is 0 Å². The van der Waals surface area contributed by atoms with E-state index in [9.17, 15) is 19.5 Å². The van der Waals surface area contributed by atoms with Crippen LogP contribution in [-0.2, 0) is 19.1 Å². The molecule has 1 aliphatic carbocycles. The molecule has 2 aromatic carbocycles. The average Bonchev–Trinajstić information content (AvgIpc) is 3.16. The molecule has 0 unspecified atom stereocenters. The summed E-state index contributed by atoms with van der Waals surface area (Å²) in [5, 5.41) is 14.5. The van der Waals surface area contributed by atoms with Crippen molar-refractivity contribution in [2.75, 3.05) is 13.7 Å². The summed E-state index contributed by atoms with van der Waals surface area (Å²) in [6, 6.07) is 13.9. The Morgan fingerprint density at radius 2 is 1.59 bits per heavy atom. The highest BCUT2D eigenvalue weighted by molar-refractivity contribution is 5.89. The van der Waals surface area contributed by atoms with Crippen LogP contribution in [0.2, 0.25) is 0 Å². The number of carboxylic acid groups (broad SMARTS) is 1. The summed E-state index contributed by atoms with van der Waals surface area (Å²) in [5.41, 5.74) is 4.43. The number of rotatable bonds is 11. The number of aliphatic carboxylic acids is 1. The molecule has 1 aliphatic rings. The molecular weight excluding hydrogens is 436 g/mol. The number of ether oxygens (including phenoxy) is 2. The third kappa shape index (κ3) is 5.75. The van der Waals surface area contributed by atoms with E-state index in [2.05, 4.69) is 22.8 Å². The number of hydrogen-bond donors (Lipinski definition) is 3. The fourth-order valence-electron chi connectivity index (χ4n) is 4.23. The van der Waals surface area contributed by atoms with Gasteiger partial charge in [-0.25, -0.2) is 9.59 Å². The Morgan fingerprint density at radius 3 is 2.12 bits per heavy atom. The zero-order valence-electron chi connectivity index (χ0n) is 19.7. The molecule has 3 rings (SSSR count). The van der Waals surface area contributed by atoms with Gasteiger partial charge in [0.1, 0.15) is 12.6 Å². The van der Waals surface area contributed by atoms with E-state index in [1.54, 1.807) is 6.92 Å². The fraction of sp³-hybridized carbons (Fsp3) is 0.423. The Morgan fingerprint density at radius 1 is 1.00 bits per heavy atom. The number of nitrogens with one attached hydrogen (secondary N) is 2. The number of carboxylic acids is 1. The van der Waals surface area contributed by atoms with Crippen LogP contribution in [0.15, 0.2) is 48.5 Å².